The molecule has 162 valence electrons. The summed E-state index contributed by atoms with van der Waals surface area (Å²) in [6.07, 6.45) is 5.47. The highest BCUT2D eigenvalue weighted by atomic mass is 35.5. The lowest BCUT2D eigenvalue weighted by molar-refractivity contribution is -0.136. The number of hydrogen-bond acceptors (Lipinski definition) is 6. The van der Waals surface area contributed by atoms with Crippen molar-refractivity contribution in [2.75, 3.05) is 18.8 Å². The van der Waals surface area contributed by atoms with Gasteiger partial charge in [-0.3, -0.25) is 14.3 Å². The van der Waals surface area contributed by atoms with E-state index >= 15 is 0 Å². The highest BCUT2D eigenvalue weighted by Gasteiger charge is 2.28. The zero-order valence-corrected chi connectivity index (χ0v) is 18.5. The quantitative estimate of drug-likeness (QED) is 0.532. The van der Waals surface area contributed by atoms with Crippen molar-refractivity contribution in [3.8, 4) is 0 Å². The largest absolute Gasteiger partial charge is 0.383 e. The number of carbonyl (C=O) groups is 2. The van der Waals surface area contributed by atoms with Crippen molar-refractivity contribution in [3.05, 3.63) is 34.5 Å². The summed E-state index contributed by atoms with van der Waals surface area (Å²) in [6.45, 7) is 5.17. The Labute approximate surface area is 181 Å². The monoisotopic (exact) mass is 432 g/mol. The molecule has 0 aromatic carbocycles. The standard InChI is InChI=1S/C21H29ClN6O2/c1-13(12-18(29)17-6-9-24-27(17)3)20(30)28-10-7-15(8-11-28)4-5-16-14(2)25-21(22)26-19(16)23/h6,9,13,15H,4-5,7-8,10-12H2,1-3H3,(H2,23,25,26)/t13-/m1/s1. The Balaban J connectivity index is 1.47. The molecule has 2 N–H and O–H groups in total. The Morgan fingerprint density at radius 1 is 1.30 bits per heavy atom. The number of ketones is 1. The van der Waals surface area contributed by atoms with Crippen molar-refractivity contribution in [3.63, 3.8) is 0 Å². The Bertz CT molecular complexity index is 897. The van der Waals surface area contributed by atoms with Crippen LogP contribution in [0, 0.1) is 18.8 Å². The smallest absolute Gasteiger partial charge is 0.225 e. The Morgan fingerprint density at radius 2 is 2.00 bits per heavy atom. The van der Waals surface area contributed by atoms with Gasteiger partial charge in [0.2, 0.25) is 11.2 Å². The minimum Gasteiger partial charge on any atom is -0.383 e. The average molecular weight is 433 g/mol. The molecule has 8 nitrogen and oxygen atoms in total. The predicted molar refractivity (Wildman–Crippen MR) is 115 cm³/mol. The number of nitrogens with two attached hydrogens (primary N) is 1. The van der Waals surface area contributed by atoms with Crippen LogP contribution in [0.3, 0.4) is 0 Å². The normalized spacial score (nSPS) is 15.9. The molecule has 0 radical (unpaired) electrons. The molecule has 0 spiro atoms. The number of Topliss-reactive ketones (excluding diaryl/α,β-unsaturated/α-hetero) is 1. The van der Waals surface area contributed by atoms with Crippen molar-refractivity contribution >= 4 is 29.1 Å². The summed E-state index contributed by atoms with van der Waals surface area (Å²) in [5, 5.41) is 4.20. The number of anilines is 1. The molecule has 3 heterocycles. The summed E-state index contributed by atoms with van der Waals surface area (Å²) in [4.78, 5) is 35.3. The minimum absolute atomic E-state index is 0.0511. The predicted octanol–water partition coefficient (Wildman–Crippen LogP) is 2.83. The number of aryl methyl sites for hydroxylation is 2. The lowest BCUT2D eigenvalue weighted by atomic mass is 9.89. The van der Waals surface area contributed by atoms with E-state index in [1.807, 2.05) is 18.7 Å². The van der Waals surface area contributed by atoms with Crippen LogP contribution in [0.2, 0.25) is 5.28 Å². The van der Waals surface area contributed by atoms with Crippen LogP contribution < -0.4 is 5.73 Å². The molecule has 0 saturated carbocycles. The van der Waals surface area contributed by atoms with E-state index in [4.69, 9.17) is 17.3 Å². The second-order valence-electron chi connectivity index (χ2n) is 8.12. The SMILES string of the molecule is Cc1nc(Cl)nc(N)c1CCC1CCN(C(=O)[C@H](C)CC(=O)c2ccnn2C)CC1. The molecule has 0 bridgehead atoms. The lowest BCUT2D eigenvalue weighted by Crippen LogP contribution is -2.41. The van der Waals surface area contributed by atoms with Crippen LogP contribution in [0.5, 0.6) is 0 Å². The first-order chi connectivity index (χ1) is 14.3. The number of aromatic nitrogens is 4. The van der Waals surface area contributed by atoms with Gasteiger partial charge in [-0.05, 0) is 56.2 Å². The Kier molecular flexibility index (Phi) is 7.07. The van der Waals surface area contributed by atoms with Gasteiger partial charge in [0.1, 0.15) is 11.5 Å². The zero-order chi connectivity index (χ0) is 21.8. The number of nitrogen functional groups attached to an aromatic ring is 1. The van der Waals surface area contributed by atoms with E-state index in [0.717, 1.165) is 50.0 Å². The molecular weight excluding hydrogens is 404 g/mol. The zero-order valence-electron chi connectivity index (χ0n) is 17.8. The summed E-state index contributed by atoms with van der Waals surface area (Å²) >= 11 is 5.85. The van der Waals surface area contributed by atoms with E-state index in [2.05, 4.69) is 15.1 Å². The molecule has 1 fully saturated rings. The Hall–Kier alpha value is -2.48. The molecule has 0 aliphatic carbocycles. The maximum absolute atomic E-state index is 12.8. The number of carbonyl (C=O) groups excluding carboxylic acids is 2. The molecular formula is C21H29ClN6O2. The molecule has 1 atom stereocenters. The molecule has 1 amide bonds. The number of halogens is 1. The van der Waals surface area contributed by atoms with Gasteiger partial charge in [0.05, 0.1) is 0 Å². The number of hydrogen-bond donors (Lipinski definition) is 1. The fourth-order valence-corrected chi connectivity index (χ4v) is 4.33. The Morgan fingerprint density at radius 3 is 2.60 bits per heavy atom. The van der Waals surface area contributed by atoms with Gasteiger partial charge in [0.15, 0.2) is 5.78 Å². The summed E-state index contributed by atoms with van der Waals surface area (Å²) in [5.74, 6) is 0.638. The van der Waals surface area contributed by atoms with Crippen molar-refractivity contribution in [1.29, 1.82) is 0 Å². The summed E-state index contributed by atoms with van der Waals surface area (Å²) in [5.41, 5.74) is 8.32. The van der Waals surface area contributed by atoms with Crippen molar-refractivity contribution in [2.45, 2.75) is 46.0 Å². The highest BCUT2D eigenvalue weighted by molar-refractivity contribution is 6.28. The van der Waals surface area contributed by atoms with Crippen LogP contribution in [-0.2, 0) is 18.3 Å². The van der Waals surface area contributed by atoms with Crippen LogP contribution in [0.15, 0.2) is 12.3 Å². The van der Waals surface area contributed by atoms with Crippen LogP contribution >= 0.6 is 11.6 Å². The van der Waals surface area contributed by atoms with E-state index in [1.165, 1.54) is 0 Å². The van der Waals surface area contributed by atoms with Crippen molar-refractivity contribution in [2.24, 2.45) is 18.9 Å². The van der Waals surface area contributed by atoms with Gasteiger partial charge in [-0.2, -0.15) is 5.10 Å². The lowest BCUT2D eigenvalue weighted by Gasteiger charge is -2.33. The van der Waals surface area contributed by atoms with E-state index in [1.54, 1.807) is 24.0 Å². The number of nitrogens with zero attached hydrogens (tertiary/aromatic N) is 5. The maximum Gasteiger partial charge on any atom is 0.225 e. The van der Waals surface area contributed by atoms with Crippen LogP contribution in [0.1, 0.15) is 54.4 Å². The number of likely N-dealkylation sites (tertiary alicyclic amines) is 1. The fraction of sp³-hybridized carbons (Fsp3) is 0.571. The maximum atomic E-state index is 12.8. The summed E-state index contributed by atoms with van der Waals surface area (Å²) in [6, 6.07) is 1.69. The summed E-state index contributed by atoms with van der Waals surface area (Å²) < 4.78 is 1.55. The van der Waals surface area contributed by atoms with Gasteiger partial charge in [-0.25, -0.2) is 9.97 Å². The fourth-order valence-electron chi connectivity index (χ4n) is 4.11. The van der Waals surface area contributed by atoms with Gasteiger partial charge in [-0.15, -0.1) is 0 Å². The second-order valence-corrected chi connectivity index (χ2v) is 8.46. The van der Waals surface area contributed by atoms with Gasteiger partial charge in [-0.1, -0.05) is 6.92 Å². The molecule has 1 aliphatic heterocycles. The van der Waals surface area contributed by atoms with E-state index in [-0.39, 0.29) is 29.3 Å². The van der Waals surface area contributed by atoms with Gasteiger partial charge in [0.25, 0.3) is 0 Å². The minimum atomic E-state index is -0.336. The number of amides is 1. The van der Waals surface area contributed by atoms with E-state index in [9.17, 15) is 9.59 Å². The van der Waals surface area contributed by atoms with Gasteiger partial charge in [0, 0.05) is 49.9 Å². The molecule has 1 saturated heterocycles. The van der Waals surface area contributed by atoms with Crippen molar-refractivity contribution < 1.29 is 9.59 Å². The summed E-state index contributed by atoms with van der Waals surface area (Å²) in [7, 11) is 1.73. The first kappa shape index (κ1) is 22.2. The van der Waals surface area contributed by atoms with Crippen molar-refractivity contribution in [1.82, 2.24) is 24.6 Å². The third kappa shape index (κ3) is 5.16. The first-order valence-corrected chi connectivity index (χ1v) is 10.7. The van der Waals surface area contributed by atoms with Crippen LogP contribution in [-0.4, -0.2) is 49.4 Å². The van der Waals surface area contributed by atoms with Crippen LogP contribution in [0.4, 0.5) is 5.82 Å². The van der Waals surface area contributed by atoms with E-state index < -0.39 is 0 Å². The molecule has 2 aromatic rings. The highest BCUT2D eigenvalue weighted by Crippen LogP contribution is 2.26. The molecule has 3 rings (SSSR count). The molecule has 0 unspecified atom stereocenters. The average Bonchev–Trinajstić information content (AvgIpc) is 3.13. The molecule has 9 heteroatoms. The number of piperidine rings is 1. The topological polar surface area (TPSA) is 107 Å². The molecule has 1 aliphatic rings. The second kappa shape index (κ2) is 9.55. The number of rotatable bonds is 7. The molecule has 30 heavy (non-hydrogen) atoms. The van der Waals surface area contributed by atoms with E-state index in [0.29, 0.717) is 17.4 Å². The third-order valence-electron chi connectivity index (χ3n) is 5.97. The van der Waals surface area contributed by atoms with Gasteiger partial charge >= 0.3 is 0 Å². The first-order valence-electron chi connectivity index (χ1n) is 10.3. The van der Waals surface area contributed by atoms with Gasteiger partial charge < -0.3 is 10.6 Å². The third-order valence-corrected chi connectivity index (χ3v) is 6.14. The van der Waals surface area contributed by atoms with Crippen LogP contribution in [0.25, 0.3) is 0 Å². The molecule has 2 aromatic heterocycles.